The summed E-state index contributed by atoms with van der Waals surface area (Å²) in [6, 6.07) is 15.9. The van der Waals surface area contributed by atoms with E-state index in [1.54, 1.807) is 24.3 Å². The Balaban J connectivity index is 2.34. The third-order valence-corrected chi connectivity index (χ3v) is 8.25. The van der Waals surface area contributed by atoms with Gasteiger partial charge in [0.2, 0.25) is 5.91 Å². The fraction of sp³-hybridized carbons (Fsp3) is 0.517. The van der Waals surface area contributed by atoms with Gasteiger partial charge < -0.3 is 25.2 Å². The largest absolute Gasteiger partial charge is 0.497 e. The van der Waals surface area contributed by atoms with Gasteiger partial charge in [-0.15, -0.1) is 0 Å². The van der Waals surface area contributed by atoms with Gasteiger partial charge in [-0.25, -0.2) is 8.42 Å². The van der Waals surface area contributed by atoms with Gasteiger partial charge in [-0.3, -0.25) is 9.59 Å². The summed E-state index contributed by atoms with van der Waals surface area (Å²) in [5, 5.41) is 11.0. The number of benzene rings is 2. The average molecular weight is 563 g/mol. The second-order valence-electron chi connectivity index (χ2n) is 10.3. The Labute approximate surface area is 232 Å². The van der Waals surface area contributed by atoms with Crippen LogP contribution in [0.3, 0.4) is 0 Å². The maximum atomic E-state index is 13.9. The molecule has 216 valence electrons. The predicted octanol–water partition coefficient (Wildman–Crippen LogP) is 2.59. The summed E-state index contributed by atoms with van der Waals surface area (Å²) < 4.78 is 35.9. The molecule has 0 heterocycles. The second-order valence-corrected chi connectivity index (χ2v) is 12.5. The van der Waals surface area contributed by atoms with E-state index < -0.39 is 52.0 Å². The van der Waals surface area contributed by atoms with Crippen molar-refractivity contribution in [1.29, 1.82) is 0 Å². The highest BCUT2D eigenvalue weighted by Gasteiger charge is 2.33. The highest BCUT2D eigenvalue weighted by Crippen LogP contribution is 2.20. The number of aliphatic hydroxyl groups excluding tert-OH is 1. The lowest BCUT2D eigenvalue weighted by Gasteiger charge is -2.31. The summed E-state index contributed by atoms with van der Waals surface area (Å²) in [6.07, 6.45) is -0.659. The van der Waals surface area contributed by atoms with Crippen LogP contribution in [-0.4, -0.2) is 74.7 Å². The van der Waals surface area contributed by atoms with Crippen molar-refractivity contribution in [2.24, 2.45) is 17.6 Å². The van der Waals surface area contributed by atoms with Gasteiger partial charge in [-0.1, -0.05) is 56.3 Å². The van der Waals surface area contributed by atoms with Gasteiger partial charge >= 0.3 is 5.97 Å². The Hall–Kier alpha value is -2.95. The lowest BCUT2D eigenvalue weighted by atomic mass is 10.00. The van der Waals surface area contributed by atoms with Crippen molar-refractivity contribution in [2.45, 2.75) is 51.8 Å². The Bertz CT molecular complexity index is 1160. The smallest absolute Gasteiger partial charge is 0.306 e. The summed E-state index contributed by atoms with van der Waals surface area (Å²) in [7, 11) is -0.917. The molecule has 0 bridgehead atoms. The zero-order valence-electron chi connectivity index (χ0n) is 23.3. The molecule has 39 heavy (non-hydrogen) atoms. The van der Waals surface area contributed by atoms with E-state index >= 15 is 0 Å². The summed E-state index contributed by atoms with van der Waals surface area (Å²) in [5.41, 5.74) is 7.96. The SMILES string of the molecule is COC(=O)CC(CS(=O)(=O)CCC(C)C)C(=O)N(Cc1cccc(OC)c1)C[C@@H](O)[C@@H](N)Cc1ccccc1. The molecular formula is C29H42N2O7S. The molecule has 1 amide bonds. The molecule has 0 saturated heterocycles. The molecule has 2 aromatic rings. The number of carbonyl (C=O) groups is 2. The van der Waals surface area contributed by atoms with Crippen LogP contribution in [0.2, 0.25) is 0 Å². The van der Waals surface area contributed by atoms with Crippen LogP contribution in [0.4, 0.5) is 0 Å². The molecule has 0 aliphatic carbocycles. The number of nitrogens with two attached hydrogens (primary N) is 1. The van der Waals surface area contributed by atoms with E-state index in [4.69, 9.17) is 15.2 Å². The molecule has 0 aliphatic heterocycles. The molecule has 0 saturated carbocycles. The van der Waals surface area contributed by atoms with Gasteiger partial charge in [-0.2, -0.15) is 0 Å². The van der Waals surface area contributed by atoms with Gasteiger partial charge in [0.15, 0.2) is 9.84 Å². The molecule has 3 N–H and O–H groups in total. The number of esters is 1. The average Bonchev–Trinajstić information content (AvgIpc) is 2.91. The number of hydrogen-bond acceptors (Lipinski definition) is 8. The first kappa shape index (κ1) is 32.3. The molecule has 0 radical (unpaired) electrons. The Morgan fingerprint density at radius 2 is 1.69 bits per heavy atom. The molecule has 0 fully saturated rings. The lowest BCUT2D eigenvalue weighted by molar-refractivity contribution is -0.147. The topological polar surface area (TPSA) is 136 Å². The number of hydrogen-bond donors (Lipinski definition) is 2. The lowest BCUT2D eigenvalue weighted by Crippen LogP contribution is -2.48. The van der Waals surface area contributed by atoms with Crippen molar-refractivity contribution in [3.05, 3.63) is 65.7 Å². The molecule has 0 spiro atoms. The zero-order valence-corrected chi connectivity index (χ0v) is 24.1. The predicted molar refractivity (Wildman–Crippen MR) is 151 cm³/mol. The maximum Gasteiger partial charge on any atom is 0.306 e. The number of methoxy groups -OCH3 is 2. The monoisotopic (exact) mass is 562 g/mol. The van der Waals surface area contributed by atoms with E-state index in [0.29, 0.717) is 24.2 Å². The van der Waals surface area contributed by atoms with Crippen LogP contribution in [0.1, 0.15) is 37.8 Å². The Morgan fingerprint density at radius 3 is 2.31 bits per heavy atom. The highest BCUT2D eigenvalue weighted by molar-refractivity contribution is 7.91. The van der Waals surface area contributed by atoms with Crippen LogP contribution in [0.25, 0.3) is 0 Å². The minimum absolute atomic E-state index is 0.0643. The maximum absolute atomic E-state index is 13.9. The summed E-state index contributed by atoms with van der Waals surface area (Å²) in [4.78, 5) is 27.4. The standard InChI is InChI=1S/C29H42N2O7S/c1-21(2)13-14-39(35,36)20-24(17-28(33)38-4)29(34)31(18-23-11-8-12-25(15-23)37-3)19-27(32)26(30)16-22-9-6-5-7-10-22/h5-12,15,21,24,26-27,32H,13-14,16-20,30H2,1-4H3/t24?,26-,27+/m0/s1. The minimum Gasteiger partial charge on any atom is -0.497 e. The summed E-state index contributed by atoms with van der Waals surface area (Å²) >= 11 is 0. The number of carbonyl (C=O) groups excluding carboxylic acids is 2. The first-order valence-electron chi connectivity index (χ1n) is 13.1. The summed E-state index contributed by atoms with van der Waals surface area (Å²) in [6.45, 7) is 3.76. The van der Waals surface area contributed by atoms with Gasteiger partial charge in [-0.05, 0) is 42.0 Å². The molecular weight excluding hydrogens is 520 g/mol. The first-order chi connectivity index (χ1) is 18.4. The number of ether oxygens (including phenoxy) is 2. The third-order valence-electron chi connectivity index (χ3n) is 6.49. The van der Waals surface area contributed by atoms with Crippen molar-refractivity contribution in [1.82, 2.24) is 4.90 Å². The van der Waals surface area contributed by atoms with Crippen LogP contribution < -0.4 is 10.5 Å². The quantitative estimate of drug-likeness (QED) is 0.298. The Kier molecular flexibility index (Phi) is 12.9. The van der Waals surface area contributed by atoms with E-state index in [1.807, 2.05) is 44.2 Å². The van der Waals surface area contributed by atoms with Crippen molar-refractivity contribution in [3.63, 3.8) is 0 Å². The summed E-state index contributed by atoms with van der Waals surface area (Å²) in [5.74, 6) is -2.25. The number of sulfone groups is 1. The number of amides is 1. The molecule has 2 aromatic carbocycles. The molecule has 9 nitrogen and oxygen atoms in total. The van der Waals surface area contributed by atoms with E-state index in [1.165, 1.54) is 19.1 Å². The third kappa shape index (κ3) is 11.4. The van der Waals surface area contributed by atoms with Crippen molar-refractivity contribution < 1.29 is 32.6 Å². The fourth-order valence-corrected chi connectivity index (χ4v) is 6.04. The highest BCUT2D eigenvalue weighted by atomic mass is 32.2. The van der Waals surface area contributed by atoms with Gasteiger partial charge in [0.1, 0.15) is 5.75 Å². The normalized spacial score (nSPS) is 13.9. The second kappa shape index (κ2) is 15.6. The van der Waals surface area contributed by atoms with Gasteiger partial charge in [0.05, 0.1) is 44.2 Å². The fourth-order valence-electron chi connectivity index (χ4n) is 4.17. The number of aliphatic hydroxyl groups is 1. The van der Waals surface area contributed by atoms with Crippen LogP contribution in [0.15, 0.2) is 54.6 Å². The molecule has 0 aromatic heterocycles. The Morgan fingerprint density at radius 1 is 1.03 bits per heavy atom. The molecule has 2 rings (SSSR count). The molecule has 1 unspecified atom stereocenters. The van der Waals surface area contributed by atoms with Crippen LogP contribution in [0.5, 0.6) is 5.75 Å². The van der Waals surface area contributed by atoms with Crippen LogP contribution in [-0.2, 0) is 37.1 Å². The number of nitrogens with zero attached hydrogens (tertiary/aromatic N) is 1. The van der Waals surface area contributed by atoms with Gasteiger partial charge in [0.25, 0.3) is 0 Å². The zero-order chi connectivity index (χ0) is 29.0. The first-order valence-corrected chi connectivity index (χ1v) is 14.9. The molecule has 0 aliphatic rings. The van der Waals surface area contributed by atoms with Crippen LogP contribution in [0, 0.1) is 11.8 Å². The molecule has 10 heteroatoms. The van der Waals surface area contributed by atoms with E-state index in [0.717, 1.165) is 5.56 Å². The van der Waals surface area contributed by atoms with Crippen molar-refractivity contribution >= 4 is 21.7 Å². The minimum atomic E-state index is -3.64. The van der Waals surface area contributed by atoms with Gasteiger partial charge in [0, 0.05) is 19.1 Å². The molecule has 3 atom stereocenters. The van der Waals surface area contributed by atoms with E-state index in [2.05, 4.69) is 0 Å². The van der Waals surface area contributed by atoms with Crippen LogP contribution >= 0.6 is 0 Å². The number of rotatable bonds is 16. The van der Waals surface area contributed by atoms with Crippen molar-refractivity contribution in [3.8, 4) is 5.75 Å². The van der Waals surface area contributed by atoms with Crippen molar-refractivity contribution in [2.75, 3.05) is 32.3 Å². The van der Waals surface area contributed by atoms with E-state index in [9.17, 15) is 23.1 Å². The van der Waals surface area contributed by atoms with E-state index in [-0.39, 0.29) is 24.8 Å².